The van der Waals surface area contributed by atoms with E-state index < -0.39 is 11.3 Å². The van der Waals surface area contributed by atoms with Gasteiger partial charge in [-0.05, 0) is 56.2 Å². The molecular formula is C25H27FN4O2S. The lowest BCUT2D eigenvalue weighted by Crippen LogP contribution is -2.45. The number of rotatable bonds is 2. The van der Waals surface area contributed by atoms with Gasteiger partial charge >= 0.3 is 6.09 Å². The Kier molecular flexibility index (Phi) is 5.16. The fraction of sp³-hybridized carbons (Fsp3) is 0.400. The number of piperidine rings is 1. The Morgan fingerprint density at radius 3 is 2.45 bits per heavy atom. The summed E-state index contributed by atoms with van der Waals surface area (Å²) < 4.78 is 24.1. The van der Waals surface area contributed by atoms with Crippen LogP contribution in [0.5, 0.6) is 0 Å². The highest BCUT2D eigenvalue weighted by molar-refractivity contribution is 7.18. The summed E-state index contributed by atoms with van der Waals surface area (Å²) in [6.45, 7) is 6.13. The van der Waals surface area contributed by atoms with E-state index in [1.165, 1.54) is 11.3 Å². The van der Waals surface area contributed by atoms with Crippen molar-refractivity contribution in [2.24, 2.45) is 7.05 Å². The zero-order valence-electron chi connectivity index (χ0n) is 19.3. The number of carbonyl (C=O) groups excluding carboxylic acids is 1. The first kappa shape index (κ1) is 21.8. The van der Waals surface area contributed by atoms with Crippen molar-refractivity contribution < 1.29 is 13.9 Å². The van der Waals surface area contributed by atoms with Gasteiger partial charge in [0.05, 0.1) is 15.7 Å². The molecule has 1 amide bonds. The lowest BCUT2D eigenvalue weighted by Gasteiger charge is -2.36. The van der Waals surface area contributed by atoms with E-state index in [-0.39, 0.29) is 18.9 Å². The third-order valence-corrected chi connectivity index (χ3v) is 7.13. The van der Waals surface area contributed by atoms with Crippen LogP contribution in [0.15, 0.2) is 42.6 Å². The van der Waals surface area contributed by atoms with Gasteiger partial charge in [-0.25, -0.2) is 14.2 Å². The number of alkyl halides is 1. The number of halogens is 1. The first-order chi connectivity index (χ1) is 15.6. The second kappa shape index (κ2) is 7.80. The van der Waals surface area contributed by atoms with Gasteiger partial charge in [-0.15, -0.1) is 11.3 Å². The predicted octanol–water partition coefficient (Wildman–Crippen LogP) is 6.05. The van der Waals surface area contributed by atoms with E-state index >= 15 is 4.39 Å². The van der Waals surface area contributed by atoms with Crippen LogP contribution in [0.3, 0.4) is 0 Å². The Bertz CT molecular complexity index is 1350. The van der Waals surface area contributed by atoms with Crippen molar-refractivity contribution in [3.8, 4) is 11.1 Å². The molecular weight excluding hydrogens is 439 g/mol. The van der Waals surface area contributed by atoms with Crippen LogP contribution < -0.4 is 0 Å². The zero-order valence-corrected chi connectivity index (χ0v) is 20.1. The molecule has 1 aliphatic heterocycles. The summed E-state index contributed by atoms with van der Waals surface area (Å²) >= 11 is 1.40. The number of nitrogens with zero attached hydrogens (tertiary/aromatic N) is 4. The number of likely N-dealkylation sites (tertiary alicyclic amines) is 1. The van der Waals surface area contributed by atoms with Gasteiger partial charge in [0.2, 0.25) is 0 Å². The molecule has 2 aromatic carbocycles. The van der Waals surface area contributed by atoms with E-state index in [9.17, 15) is 4.79 Å². The molecule has 0 saturated carbocycles. The van der Waals surface area contributed by atoms with Crippen LogP contribution in [0.4, 0.5) is 9.18 Å². The van der Waals surface area contributed by atoms with Crippen LogP contribution in [-0.2, 0) is 17.5 Å². The normalized spacial score (nSPS) is 16.5. The van der Waals surface area contributed by atoms with Crippen LogP contribution in [-0.4, -0.2) is 44.4 Å². The van der Waals surface area contributed by atoms with E-state index in [4.69, 9.17) is 4.74 Å². The molecule has 172 valence electrons. The third kappa shape index (κ3) is 4.31. The number of fused-ring (bicyclic) bond motifs is 2. The molecule has 2 aromatic heterocycles. The minimum absolute atomic E-state index is 0.219. The maximum Gasteiger partial charge on any atom is 0.410 e. The number of aryl methyl sites for hydroxylation is 1. The van der Waals surface area contributed by atoms with Crippen molar-refractivity contribution in [3.63, 3.8) is 0 Å². The van der Waals surface area contributed by atoms with Crippen LogP contribution in [0.25, 0.3) is 32.2 Å². The minimum atomic E-state index is -1.53. The highest BCUT2D eigenvalue weighted by Gasteiger charge is 2.41. The van der Waals surface area contributed by atoms with Gasteiger partial charge in [-0.2, -0.15) is 5.10 Å². The third-order valence-electron chi connectivity index (χ3n) is 5.93. The van der Waals surface area contributed by atoms with Gasteiger partial charge in [0.25, 0.3) is 0 Å². The number of carbonyl (C=O) groups is 1. The van der Waals surface area contributed by atoms with Crippen molar-refractivity contribution in [3.05, 3.63) is 47.6 Å². The minimum Gasteiger partial charge on any atom is -0.444 e. The summed E-state index contributed by atoms with van der Waals surface area (Å²) in [5.41, 5.74) is 1.82. The number of hydrogen-bond acceptors (Lipinski definition) is 5. The van der Waals surface area contributed by atoms with Gasteiger partial charge in [0.1, 0.15) is 10.6 Å². The molecule has 1 aliphatic rings. The lowest BCUT2D eigenvalue weighted by molar-refractivity contribution is 0.00220. The highest BCUT2D eigenvalue weighted by atomic mass is 32.1. The van der Waals surface area contributed by atoms with E-state index in [2.05, 4.69) is 28.3 Å². The molecule has 3 heterocycles. The van der Waals surface area contributed by atoms with Gasteiger partial charge in [-0.1, -0.05) is 12.1 Å². The quantitative estimate of drug-likeness (QED) is 0.361. The van der Waals surface area contributed by atoms with E-state index in [0.717, 1.165) is 32.2 Å². The fourth-order valence-electron chi connectivity index (χ4n) is 4.21. The van der Waals surface area contributed by atoms with Gasteiger partial charge in [0.15, 0.2) is 5.67 Å². The van der Waals surface area contributed by atoms with Crippen LogP contribution in [0, 0.1) is 0 Å². The van der Waals surface area contributed by atoms with E-state index in [1.807, 2.05) is 56.9 Å². The maximum atomic E-state index is 15.9. The van der Waals surface area contributed by atoms with Crippen molar-refractivity contribution in [2.45, 2.75) is 44.9 Å². The monoisotopic (exact) mass is 466 g/mol. The van der Waals surface area contributed by atoms with Crippen LogP contribution in [0.1, 0.15) is 38.6 Å². The average Bonchev–Trinajstić information content (AvgIpc) is 3.34. The number of hydrogen-bond donors (Lipinski definition) is 0. The number of ether oxygens (including phenoxy) is 1. The number of aromatic nitrogens is 3. The Morgan fingerprint density at radius 1 is 1.09 bits per heavy atom. The molecule has 0 atom stereocenters. The summed E-state index contributed by atoms with van der Waals surface area (Å²) in [7, 11) is 1.91. The van der Waals surface area contributed by atoms with E-state index in [0.29, 0.717) is 18.1 Å². The molecule has 8 heteroatoms. The first-order valence-corrected chi connectivity index (χ1v) is 11.9. The molecule has 0 N–H and O–H groups in total. The molecule has 1 saturated heterocycles. The number of amides is 1. The second-order valence-corrected chi connectivity index (χ2v) is 10.7. The van der Waals surface area contributed by atoms with Crippen LogP contribution in [0.2, 0.25) is 0 Å². The molecule has 0 radical (unpaired) electrons. The summed E-state index contributed by atoms with van der Waals surface area (Å²) in [5.74, 6) is 0. The Balaban J connectivity index is 1.37. The number of benzene rings is 2. The lowest BCUT2D eigenvalue weighted by atomic mass is 9.94. The fourth-order valence-corrected chi connectivity index (χ4v) is 5.35. The molecule has 0 spiro atoms. The Hall–Kier alpha value is -3.00. The topological polar surface area (TPSA) is 60.2 Å². The van der Waals surface area contributed by atoms with Crippen molar-refractivity contribution in [1.29, 1.82) is 0 Å². The predicted molar refractivity (Wildman–Crippen MR) is 129 cm³/mol. The summed E-state index contributed by atoms with van der Waals surface area (Å²) in [5, 5.41) is 6.00. The molecule has 0 aliphatic carbocycles. The summed E-state index contributed by atoms with van der Waals surface area (Å²) in [6, 6.07) is 12.3. The van der Waals surface area contributed by atoms with Crippen molar-refractivity contribution in [1.82, 2.24) is 19.7 Å². The SMILES string of the molecule is Cn1cc2cc(-c3ccc4nc(C5(F)CCN(C(=O)OC(C)(C)C)CC5)sc4c3)ccc2n1. The highest BCUT2D eigenvalue weighted by Crippen LogP contribution is 2.41. The van der Waals surface area contributed by atoms with Crippen LogP contribution >= 0.6 is 11.3 Å². The van der Waals surface area contributed by atoms with Gasteiger partial charge < -0.3 is 9.64 Å². The van der Waals surface area contributed by atoms with Gasteiger partial charge in [0, 0.05) is 44.6 Å². The molecule has 4 aromatic rings. The molecule has 5 rings (SSSR count). The van der Waals surface area contributed by atoms with Crippen molar-refractivity contribution >= 4 is 38.5 Å². The van der Waals surface area contributed by atoms with Crippen molar-refractivity contribution in [2.75, 3.05) is 13.1 Å². The summed E-state index contributed by atoms with van der Waals surface area (Å²) in [4.78, 5) is 18.5. The Labute approximate surface area is 196 Å². The molecule has 0 bridgehead atoms. The van der Waals surface area contributed by atoms with Gasteiger partial charge in [-0.3, -0.25) is 4.68 Å². The maximum absolute atomic E-state index is 15.9. The largest absolute Gasteiger partial charge is 0.444 e. The standard InChI is InChI=1S/C25H27FN4O2S/c1-24(2,3)32-23(31)30-11-9-25(26,10-12-30)22-27-20-8-6-17(14-21(20)33-22)16-5-7-19-18(13-16)15-29(4)28-19/h5-8,13-15H,9-12H2,1-4H3. The number of thiazole rings is 1. The molecule has 33 heavy (non-hydrogen) atoms. The second-order valence-electron chi connectivity index (χ2n) is 9.71. The average molecular weight is 467 g/mol. The first-order valence-electron chi connectivity index (χ1n) is 11.1. The Morgan fingerprint density at radius 2 is 1.76 bits per heavy atom. The smallest absolute Gasteiger partial charge is 0.410 e. The van der Waals surface area contributed by atoms with E-state index in [1.54, 1.807) is 4.90 Å². The zero-order chi connectivity index (χ0) is 23.4. The molecule has 1 fully saturated rings. The molecule has 6 nitrogen and oxygen atoms in total. The summed E-state index contributed by atoms with van der Waals surface area (Å²) in [6.07, 6.45) is 2.05. The molecule has 0 unspecified atom stereocenters.